The molecule has 0 N–H and O–H groups in total. The largest absolute Gasteiger partial charge is 0.493 e. The van der Waals surface area contributed by atoms with Gasteiger partial charge in [0.2, 0.25) is 0 Å². The first-order chi connectivity index (χ1) is 13.4. The van der Waals surface area contributed by atoms with E-state index in [-0.39, 0.29) is 6.54 Å². The van der Waals surface area contributed by atoms with Crippen molar-refractivity contribution in [3.05, 3.63) is 48.2 Å². The van der Waals surface area contributed by atoms with Crippen molar-refractivity contribution in [2.75, 3.05) is 14.2 Å². The normalized spacial score (nSPS) is 17.3. The van der Waals surface area contributed by atoms with Crippen LogP contribution in [0.3, 0.4) is 0 Å². The Bertz CT molecular complexity index is 1010. The molecule has 2 aliphatic rings. The lowest BCUT2D eigenvalue weighted by Gasteiger charge is -2.32. The van der Waals surface area contributed by atoms with Crippen LogP contribution >= 0.6 is 0 Å². The third kappa shape index (κ3) is 2.92. The number of esters is 2. The number of hydrogen-bond donors (Lipinski definition) is 0. The molecule has 0 fully saturated rings. The minimum absolute atomic E-state index is 0.0372. The number of methoxy groups -OCH3 is 2. The van der Waals surface area contributed by atoms with Gasteiger partial charge in [-0.1, -0.05) is 0 Å². The first-order valence-electron chi connectivity index (χ1n) is 8.57. The third-order valence-electron chi connectivity index (χ3n) is 4.60. The molecule has 8 nitrogen and oxygen atoms in total. The zero-order valence-corrected chi connectivity index (χ0v) is 15.6. The number of aliphatic imine (C=N–C) groups is 1. The van der Waals surface area contributed by atoms with Crippen LogP contribution in [0.5, 0.6) is 11.5 Å². The van der Waals surface area contributed by atoms with E-state index in [4.69, 9.17) is 18.9 Å². The quantitative estimate of drug-likeness (QED) is 0.757. The van der Waals surface area contributed by atoms with Crippen molar-refractivity contribution >= 4 is 17.7 Å². The van der Waals surface area contributed by atoms with Gasteiger partial charge in [-0.3, -0.25) is 0 Å². The van der Waals surface area contributed by atoms with Crippen molar-refractivity contribution in [1.29, 1.82) is 0 Å². The highest BCUT2D eigenvalue weighted by Gasteiger charge is 2.44. The van der Waals surface area contributed by atoms with Crippen molar-refractivity contribution in [3.63, 3.8) is 0 Å². The number of rotatable bonds is 3. The Morgan fingerprint density at radius 2 is 1.61 bits per heavy atom. The number of nitrogens with zero attached hydrogens (tertiary/aromatic N) is 2. The SMILES string of the molecule is COc1ccc(-c2ccc3n2CC2(N=C3C)OC(=O)C=CC(=O)O2)cc1OC. The summed E-state index contributed by atoms with van der Waals surface area (Å²) in [6.45, 7) is 1.81. The Morgan fingerprint density at radius 1 is 0.964 bits per heavy atom. The van der Waals surface area contributed by atoms with E-state index in [1.165, 1.54) is 0 Å². The number of benzene rings is 1. The van der Waals surface area contributed by atoms with Crippen LogP contribution in [0.1, 0.15) is 12.6 Å². The van der Waals surface area contributed by atoms with E-state index in [0.717, 1.165) is 29.1 Å². The molecule has 0 saturated carbocycles. The van der Waals surface area contributed by atoms with E-state index in [2.05, 4.69) is 4.99 Å². The molecule has 0 radical (unpaired) electrons. The molecule has 4 rings (SSSR count). The maximum atomic E-state index is 11.9. The molecule has 0 bridgehead atoms. The number of carbonyl (C=O) groups is 2. The smallest absolute Gasteiger partial charge is 0.379 e. The van der Waals surface area contributed by atoms with Crippen LogP contribution < -0.4 is 9.47 Å². The van der Waals surface area contributed by atoms with E-state index in [1.807, 2.05) is 34.9 Å². The second-order valence-electron chi connectivity index (χ2n) is 6.35. The van der Waals surface area contributed by atoms with Gasteiger partial charge in [-0.05, 0) is 37.3 Å². The van der Waals surface area contributed by atoms with Gasteiger partial charge >= 0.3 is 17.8 Å². The summed E-state index contributed by atoms with van der Waals surface area (Å²) in [6, 6.07) is 9.39. The predicted molar refractivity (Wildman–Crippen MR) is 99.2 cm³/mol. The maximum absolute atomic E-state index is 11.9. The lowest BCUT2D eigenvalue weighted by Crippen LogP contribution is -2.44. The molecule has 0 aliphatic carbocycles. The summed E-state index contributed by atoms with van der Waals surface area (Å²) in [4.78, 5) is 28.2. The van der Waals surface area contributed by atoms with Crippen molar-refractivity contribution in [3.8, 4) is 22.8 Å². The maximum Gasteiger partial charge on any atom is 0.379 e. The molecule has 1 aromatic heterocycles. The monoisotopic (exact) mass is 382 g/mol. The van der Waals surface area contributed by atoms with Crippen LogP contribution in [-0.2, 0) is 25.6 Å². The average molecular weight is 382 g/mol. The zero-order valence-electron chi connectivity index (χ0n) is 15.6. The van der Waals surface area contributed by atoms with Gasteiger partial charge in [0, 0.05) is 23.4 Å². The second-order valence-corrected chi connectivity index (χ2v) is 6.35. The Hall–Kier alpha value is -3.55. The standard InChI is InChI=1S/C20H18N2O6/c1-12-14-5-6-15(13-4-7-16(25-2)17(10-13)26-3)22(14)11-20(21-12)27-18(23)8-9-19(24)28-20/h4-10H,11H2,1-3H3. The van der Waals surface area contributed by atoms with Crippen molar-refractivity contribution in [1.82, 2.24) is 4.57 Å². The summed E-state index contributed by atoms with van der Waals surface area (Å²) >= 11 is 0. The third-order valence-corrected chi connectivity index (χ3v) is 4.60. The Balaban J connectivity index is 1.79. The van der Waals surface area contributed by atoms with Crippen LogP contribution in [0.2, 0.25) is 0 Å². The fraction of sp³-hybridized carbons (Fsp3) is 0.250. The van der Waals surface area contributed by atoms with Gasteiger partial charge in [-0.15, -0.1) is 0 Å². The molecule has 28 heavy (non-hydrogen) atoms. The summed E-state index contributed by atoms with van der Waals surface area (Å²) in [5.41, 5.74) is 3.10. The average Bonchev–Trinajstić information content (AvgIpc) is 3.03. The molecule has 1 aromatic carbocycles. The molecule has 0 atom stereocenters. The van der Waals surface area contributed by atoms with Crippen LogP contribution in [0.25, 0.3) is 11.3 Å². The Morgan fingerprint density at radius 3 is 2.25 bits per heavy atom. The van der Waals surface area contributed by atoms with Crippen LogP contribution in [0, 0.1) is 0 Å². The Labute approximate surface area is 161 Å². The highest BCUT2D eigenvalue weighted by atomic mass is 16.8. The minimum atomic E-state index is -1.74. The molecule has 2 aromatic rings. The molecule has 8 heteroatoms. The Kier molecular flexibility index (Phi) is 4.18. The lowest BCUT2D eigenvalue weighted by atomic mass is 10.1. The summed E-state index contributed by atoms with van der Waals surface area (Å²) in [5, 5.41) is 0. The molecule has 0 unspecified atom stereocenters. The van der Waals surface area contributed by atoms with E-state index >= 15 is 0 Å². The van der Waals surface area contributed by atoms with Gasteiger partial charge in [0.05, 0.1) is 25.6 Å². The number of ether oxygens (including phenoxy) is 4. The fourth-order valence-corrected chi connectivity index (χ4v) is 3.40. The molecule has 144 valence electrons. The molecule has 3 heterocycles. The minimum Gasteiger partial charge on any atom is -0.493 e. The number of carbonyl (C=O) groups excluding carboxylic acids is 2. The fourth-order valence-electron chi connectivity index (χ4n) is 3.40. The van der Waals surface area contributed by atoms with Gasteiger partial charge < -0.3 is 23.5 Å². The second kappa shape index (κ2) is 6.56. The predicted octanol–water partition coefficient (Wildman–Crippen LogP) is 2.30. The van der Waals surface area contributed by atoms with Crippen molar-refractivity contribution in [2.24, 2.45) is 4.99 Å². The summed E-state index contributed by atoms with van der Waals surface area (Å²) in [7, 11) is 3.14. The molecule has 2 aliphatic heterocycles. The van der Waals surface area contributed by atoms with Crippen molar-refractivity contribution in [2.45, 2.75) is 19.4 Å². The lowest BCUT2D eigenvalue weighted by molar-refractivity contribution is -0.222. The van der Waals surface area contributed by atoms with Gasteiger partial charge in [0.25, 0.3) is 0 Å². The molecule has 0 saturated heterocycles. The molecular weight excluding hydrogens is 364 g/mol. The van der Waals surface area contributed by atoms with Gasteiger partial charge in [-0.2, -0.15) is 0 Å². The van der Waals surface area contributed by atoms with Crippen LogP contribution in [-0.4, -0.2) is 42.3 Å². The number of aromatic nitrogens is 1. The molecule has 0 amide bonds. The summed E-state index contributed by atoms with van der Waals surface area (Å²) in [5.74, 6) is -1.91. The van der Waals surface area contributed by atoms with Gasteiger partial charge in [-0.25, -0.2) is 14.6 Å². The topological polar surface area (TPSA) is 88.4 Å². The van der Waals surface area contributed by atoms with Gasteiger partial charge in [0.15, 0.2) is 11.5 Å². The van der Waals surface area contributed by atoms with Crippen LogP contribution in [0.15, 0.2) is 47.5 Å². The van der Waals surface area contributed by atoms with E-state index < -0.39 is 17.8 Å². The highest BCUT2D eigenvalue weighted by Crippen LogP contribution is 2.36. The zero-order chi connectivity index (χ0) is 19.9. The van der Waals surface area contributed by atoms with E-state index in [1.54, 1.807) is 21.1 Å². The van der Waals surface area contributed by atoms with Crippen LogP contribution in [0.4, 0.5) is 0 Å². The molecule has 1 spiro atoms. The molecular formula is C20H18N2O6. The summed E-state index contributed by atoms with van der Waals surface area (Å²) in [6.07, 6.45) is 2.06. The number of hydrogen-bond acceptors (Lipinski definition) is 7. The summed E-state index contributed by atoms with van der Waals surface area (Å²) < 4.78 is 23.3. The first kappa shape index (κ1) is 17.8. The van der Waals surface area contributed by atoms with E-state index in [0.29, 0.717) is 17.2 Å². The number of fused-ring (bicyclic) bond motifs is 1. The highest BCUT2D eigenvalue weighted by molar-refractivity contribution is 6.00. The first-order valence-corrected chi connectivity index (χ1v) is 8.57. The van der Waals surface area contributed by atoms with E-state index in [9.17, 15) is 9.59 Å². The van der Waals surface area contributed by atoms with Crippen molar-refractivity contribution < 1.29 is 28.5 Å². The van der Waals surface area contributed by atoms with Gasteiger partial charge in [0.1, 0.15) is 6.54 Å².